The molecule has 134 valence electrons. The fraction of sp³-hybridized carbons (Fsp3) is 0.579. The molecule has 0 aromatic heterocycles. The van der Waals surface area contributed by atoms with Crippen molar-refractivity contribution in [2.45, 2.75) is 25.0 Å². The van der Waals surface area contributed by atoms with Gasteiger partial charge in [0.2, 0.25) is 0 Å². The van der Waals surface area contributed by atoms with Gasteiger partial charge < -0.3 is 20.3 Å². The molecule has 6 nitrogen and oxygen atoms in total. The van der Waals surface area contributed by atoms with Crippen molar-refractivity contribution in [1.82, 2.24) is 15.5 Å². The number of ether oxygens (including phenoxy) is 1. The number of guanidine groups is 1. The van der Waals surface area contributed by atoms with Crippen molar-refractivity contribution in [2.75, 3.05) is 33.2 Å². The molecular weight excluding hydrogens is 316 g/mol. The number of carbonyl (C=O) groups is 1. The first-order chi connectivity index (χ1) is 12.3. The average Bonchev–Trinajstić information content (AvgIpc) is 3.35. The topological polar surface area (TPSA) is 66.0 Å². The highest BCUT2D eigenvalue weighted by Crippen LogP contribution is 2.47. The van der Waals surface area contributed by atoms with E-state index in [4.69, 9.17) is 4.74 Å². The standard InChI is InChI=1S/C19H26N4O2/c1-20-19(22-10-9-21-18(24)13-5-3-2-4-6-13)23-11-14-15(12-23)17-8-7-16(14)25-17/h2-6,14-17H,7-12H2,1H3,(H,20,22)(H,21,24). The molecule has 2 N–H and O–H groups in total. The highest BCUT2D eigenvalue weighted by Gasteiger charge is 2.53. The van der Waals surface area contributed by atoms with Gasteiger partial charge in [0.25, 0.3) is 5.91 Å². The van der Waals surface area contributed by atoms with E-state index < -0.39 is 0 Å². The molecule has 25 heavy (non-hydrogen) atoms. The fourth-order valence-corrected chi connectivity index (χ4v) is 4.51. The van der Waals surface area contributed by atoms with E-state index in [0.717, 1.165) is 19.0 Å². The zero-order valence-corrected chi connectivity index (χ0v) is 14.6. The molecule has 4 atom stereocenters. The largest absolute Gasteiger partial charge is 0.374 e. The molecule has 3 aliphatic heterocycles. The molecule has 6 heteroatoms. The first-order valence-electron chi connectivity index (χ1n) is 9.20. The molecule has 3 fully saturated rings. The zero-order chi connectivity index (χ0) is 17.2. The van der Waals surface area contributed by atoms with Gasteiger partial charge in [0.05, 0.1) is 12.2 Å². The van der Waals surface area contributed by atoms with Gasteiger partial charge in [-0.05, 0) is 25.0 Å². The van der Waals surface area contributed by atoms with Crippen LogP contribution in [0.2, 0.25) is 0 Å². The third-order valence-electron chi connectivity index (χ3n) is 5.69. The number of likely N-dealkylation sites (tertiary alicyclic amines) is 1. The highest BCUT2D eigenvalue weighted by atomic mass is 16.5. The molecule has 3 aliphatic rings. The number of benzene rings is 1. The second kappa shape index (κ2) is 7.04. The fourth-order valence-electron chi connectivity index (χ4n) is 4.51. The Morgan fingerprint density at radius 3 is 2.40 bits per heavy atom. The van der Waals surface area contributed by atoms with Crippen LogP contribution in [0, 0.1) is 11.8 Å². The molecule has 4 unspecified atom stereocenters. The van der Waals surface area contributed by atoms with E-state index in [2.05, 4.69) is 20.5 Å². The molecule has 4 rings (SSSR count). The molecule has 1 aromatic rings. The lowest BCUT2D eigenvalue weighted by Gasteiger charge is -2.23. The van der Waals surface area contributed by atoms with E-state index in [1.165, 1.54) is 12.8 Å². The molecule has 0 aliphatic carbocycles. The minimum absolute atomic E-state index is 0.0400. The number of amides is 1. The van der Waals surface area contributed by atoms with Gasteiger partial charge in [-0.15, -0.1) is 0 Å². The van der Waals surface area contributed by atoms with Crippen molar-refractivity contribution in [3.63, 3.8) is 0 Å². The molecule has 0 radical (unpaired) electrons. The van der Waals surface area contributed by atoms with Crippen LogP contribution in [-0.2, 0) is 4.74 Å². The van der Waals surface area contributed by atoms with Crippen molar-refractivity contribution in [2.24, 2.45) is 16.8 Å². The van der Waals surface area contributed by atoms with E-state index in [0.29, 0.717) is 42.7 Å². The number of nitrogens with one attached hydrogen (secondary N) is 2. The molecule has 3 saturated heterocycles. The van der Waals surface area contributed by atoms with Crippen LogP contribution in [0.3, 0.4) is 0 Å². The monoisotopic (exact) mass is 342 g/mol. The molecule has 1 aromatic carbocycles. The van der Waals surface area contributed by atoms with Crippen molar-refractivity contribution in [3.8, 4) is 0 Å². The summed E-state index contributed by atoms with van der Waals surface area (Å²) in [6, 6.07) is 9.29. The summed E-state index contributed by atoms with van der Waals surface area (Å²) in [5.74, 6) is 2.22. The Labute approximate surface area is 148 Å². The smallest absolute Gasteiger partial charge is 0.251 e. The first-order valence-corrected chi connectivity index (χ1v) is 9.20. The maximum Gasteiger partial charge on any atom is 0.251 e. The lowest BCUT2D eigenvalue weighted by Crippen LogP contribution is -2.44. The maximum atomic E-state index is 12.0. The second-order valence-corrected chi connectivity index (χ2v) is 7.12. The predicted molar refractivity (Wildman–Crippen MR) is 96.6 cm³/mol. The van der Waals surface area contributed by atoms with Gasteiger partial charge in [-0.25, -0.2) is 0 Å². The summed E-state index contributed by atoms with van der Waals surface area (Å²) >= 11 is 0. The number of carbonyl (C=O) groups excluding carboxylic acids is 1. The minimum Gasteiger partial charge on any atom is -0.374 e. The Balaban J connectivity index is 1.23. The van der Waals surface area contributed by atoms with Crippen LogP contribution in [0.5, 0.6) is 0 Å². The maximum absolute atomic E-state index is 12.0. The molecule has 0 spiro atoms. The normalized spacial score (nSPS) is 30.4. The van der Waals surface area contributed by atoms with Gasteiger partial charge in [-0.3, -0.25) is 9.79 Å². The van der Waals surface area contributed by atoms with E-state index in [1.807, 2.05) is 37.4 Å². The van der Waals surface area contributed by atoms with E-state index in [9.17, 15) is 4.79 Å². The molecular formula is C19H26N4O2. The Morgan fingerprint density at radius 2 is 1.76 bits per heavy atom. The van der Waals surface area contributed by atoms with Crippen LogP contribution in [0.4, 0.5) is 0 Å². The average molecular weight is 342 g/mol. The second-order valence-electron chi connectivity index (χ2n) is 7.12. The third kappa shape index (κ3) is 3.23. The summed E-state index contributed by atoms with van der Waals surface area (Å²) in [6.45, 7) is 3.30. The van der Waals surface area contributed by atoms with Crippen LogP contribution in [0.1, 0.15) is 23.2 Å². The van der Waals surface area contributed by atoms with Crippen molar-refractivity contribution in [3.05, 3.63) is 35.9 Å². The lowest BCUT2D eigenvalue weighted by molar-refractivity contribution is 0.0767. The lowest BCUT2D eigenvalue weighted by atomic mass is 9.82. The highest BCUT2D eigenvalue weighted by molar-refractivity contribution is 5.94. The summed E-state index contributed by atoms with van der Waals surface area (Å²) in [6.07, 6.45) is 3.36. The summed E-state index contributed by atoms with van der Waals surface area (Å²) in [4.78, 5) is 18.8. The Hall–Kier alpha value is -2.08. The summed E-state index contributed by atoms with van der Waals surface area (Å²) in [7, 11) is 1.82. The van der Waals surface area contributed by atoms with Crippen molar-refractivity contribution < 1.29 is 9.53 Å². The van der Waals surface area contributed by atoms with Gasteiger partial charge in [-0.1, -0.05) is 18.2 Å². The van der Waals surface area contributed by atoms with Crippen LogP contribution in [0.15, 0.2) is 35.3 Å². The van der Waals surface area contributed by atoms with Gasteiger partial charge in [0.15, 0.2) is 5.96 Å². The number of fused-ring (bicyclic) bond motifs is 5. The Bertz CT molecular complexity index is 630. The van der Waals surface area contributed by atoms with E-state index >= 15 is 0 Å². The summed E-state index contributed by atoms with van der Waals surface area (Å²) in [5, 5.41) is 6.32. The SMILES string of the molecule is CN=C(NCCNC(=O)c1ccccc1)N1CC2C3CCC(O3)C2C1. The van der Waals surface area contributed by atoms with Gasteiger partial charge in [0, 0.05) is 50.6 Å². The summed E-state index contributed by atoms with van der Waals surface area (Å²) < 4.78 is 6.03. The van der Waals surface area contributed by atoms with Gasteiger partial charge in [-0.2, -0.15) is 0 Å². The first kappa shape index (κ1) is 16.4. The van der Waals surface area contributed by atoms with Crippen LogP contribution >= 0.6 is 0 Å². The van der Waals surface area contributed by atoms with Crippen LogP contribution < -0.4 is 10.6 Å². The van der Waals surface area contributed by atoms with Gasteiger partial charge >= 0.3 is 0 Å². The number of rotatable bonds is 4. The summed E-state index contributed by atoms with van der Waals surface area (Å²) in [5.41, 5.74) is 0.690. The Morgan fingerprint density at radius 1 is 1.12 bits per heavy atom. The molecule has 0 saturated carbocycles. The third-order valence-corrected chi connectivity index (χ3v) is 5.69. The van der Waals surface area contributed by atoms with Crippen LogP contribution in [-0.4, -0.2) is 62.2 Å². The van der Waals surface area contributed by atoms with E-state index in [-0.39, 0.29) is 5.91 Å². The van der Waals surface area contributed by atoms with Gasteiger partial charge in [0.1, 0.15) is 0 Å². The number of nitrogens with zero attached hydrogens (tertiary/aromatic N) is 2. The molecule has 3 heterocycles. The zero-order valence-electron chi connectivity index (χ0n) is 14.6. The number of hydrogen-bond acceptors (Lipinski definition) is 3. The van der Waals surface area contributed by atoms with E-state index in [1.54, 1.807) is 0 Å². The van der Waals surface area contributed by atoms with Crippen molar-refractivity contribution in [1.29, 1.82) is 0 Å². The van der Waals surface area contributed by atoms with Crippen molar-refractivity contribution >= 4 is 11.9 Å². The molecule has 1 amide bonds. The quantitative estimate of drug-likeness (QED) is 0.489. The number of aliphatic imine (C=N–C) groups is 1. The Kier molecular flexibility index (Phi) is 4.61. The minimum atomic E-state index is -0.0400. The van der Waals surface area contributed by atoms with Crippen LogP contribution in [0.25, 0.3) is 0 Å². The number of hydrogen-bond donors (Lipinski definition) is 2. The molecule has 2 bridgehead atoms. The predicted octanol–water partition coefficient (Wildman–Crippen LogP) is 1.10.